The van der Waals surface area contributed by atoms with E-state index in [2.05, 4.69) is 28.4 Å². The first-order chi connectivity index (χ1) is 20.4. The molecule has 0 saturated carbocycles. The van der Waals surface area contributed by atoms with Gasteiger partial charge in [-0.15, -0.1) is 0 Å². The fourth-order valence-electron chi connectivity index (χ4n) is 5.94. The normalized spacial score (nSPS) is 14.5. The summed E-state index contributed by atoms with van der Waals surface area (Å²) in [4.78, 5) is 27.6. The summed E-state index contributed by atoms with van der Waals surface area (Å²) in [5.41, 5.74) is 4.23. The Morgan fingerprint density at radius 3 is 2.43 bits per heavy atom. The standard InChI is InChI=1S/C35H37FN2O4/c1-23-9-6-14-30(36)33(23)34(39)37-31(35(40)41)22-25-10-7-12-27-26(25)11-8-13-28(27)29-16-15-24(21-32(29)42-2)17-20-38-18-4-3-5-19-38/h6-16,21,31H,3-5,17-20,22H2,1-2H3,(H,37,39)(H,40,41)/t31-/m0/s1. The first-order valence-electron chi connectivity index (χ1n) is 14.5. The predicted octanol–water partition coefficient (Wildman–Crippen LogP) is 6.42. The summed E-state index contributed by atoms with van der Waals surface area (Å²) < 4.78 is 20.2. The van der Waals surface area contributed by atoms with Crippen LogP contribution in [0.5, 0.6) is 5.75 Å². The van der Waals surface area contributed by atoms with Crippen LogP contribution < -0.4 is 10.1 Å². The van der Waals surface area contributed by atoms with Gasteiger partial charge in [0.1, 0.15) is 17.6 Å². The third kappa shape index (κ3) is 6.47. The average molecular weight is 569 g/mol. The van der Waals surface area contributed by atoms with Crippen molar-refractivity contribution in [1.82, 2.24) is 10.2 Å². The fourth-order valence-corrected chi connectivity index (χ4v) is 5.94. The average Bonchev–Trinajstić information content (AvgIpc) is 3.00. The van der Waals surface area contributed by atoms with E-state index in [1.54, 1.807) is 20.1 Å². The molecule has 0 spiro atoms. The lowest BCUT2D eigenvalue weighted by molar-refractivity contribution is -0.139. The lowest BCUT2D eigenvalue weighted by Gasteiger charge is -2.26. The van der Waals surface area contributed by atoms with Gasteiger partial charge in [-0.25, -0.2) is 9.18 Å². The molecule has 4 aromatic carbocycles. The number of fused-ring (bicyclic) bond motifs is 1. The van der Waals surface area contributed by atoms with E-state index >= 15 is 0 Å². The summed E-state index contributed by atoms with van der Waals surface area (Å²) in [6, 6.07) is 21.2. The molecule has 1 saturated heterocycles. The van der Waals surface area contributed by atoms with Crippen LogP contribution in [0.15, 0.2) is 72.8 Å². The Hall–Kier alpha value is -4.23. The summed E-state index contributed by atoms with van der Waals surface area (Å²) in [5.74, 6) is -1.82. The number of carbonyl (C=O) groups is 2. The summed E-state index contributed by atoms with van der Waals surface area (Å²) >= 11 is 0. The lowest BCUT2D eigenvalue weighted by atomic mass is 9.92. The van der Waals surface area contributed by atoms with Crippen molar-refractivity contribution >= 4 is 22.6 Å². The SMILES string of the molecule is COc1cc(CCN2CCCCC2)ccc1-c1cccc2c(C[C@H](NC(=O)c3c(C)cccc3F)C(=O)O)cccc12. The van der Waals surface area contributed by atoms with Crippen LogP contribution >= 0.6 is 0 Å². The van der Waals surface area contributed by atoms with Gasteiger partial charge < -0.3 is 20.1 Å². The Balaban J connectivity index is 1.41. The fraction of sp³-hybridized carbons (Fsp3) is 0.314. The second kappa shape index (κ2) is 13.2. The van der Waals surface area contributed by atoms with Crippen molar-refractivity contribution in [2.45, 2.75) is 45.1 Å². The number of piperidine rings is 1. The van der Waals surface area contributed by atoms with Crippen molar-refractivity contribution < 1.29 is 23.8 Å². The highest BCUT2D eigenvalue weighted by Crippen LogP contribution is 2.37. The number of aliphatic carboxylic acids is 1. The topological polar surface area (TPSA) is 78.9 Å². The predicted molar refractivity (Wildman–Crippen MR) is 164 cm³/mol. The third-order valence-electron chi connectivity index (χ3n) is 8.21. The number of amides is 1. The minimum atomic E-state index is -1.24. The lowest BCUT2D eigenvalue weighted by Crippen LogP contribution is -2.42. The van der Waals surface area contributed by atoms with E-state index < -0.39 is 23.7 Å². The quantitative estimate of drug-likeness (QED) is 0.231. The van der Waals surface area contributed by atoms with E-state index in [1.807, 2.05) is 36.4 Å². The molecule has 218 valence electrons. The summed E-state index contributed by atoms with van der Waals surface area (Å²) in [6.45, 7) is 5.00. The zero-order valence-corrected chi connectivity index (χ0v) is 24.2. The van der Waals surface area contributed by atoms with Crippen molar-refractivity contribution in [3.05, 3.63) is 101 Å². The van der Waals surface area contributed by atoms with Gasteiger partial charge in [-0.1, -0.05) is 67.1 Å². The molecule has 0 aromatic heterocycles. The Bertz CT molecular complexity index is 1580. The molecule has 4 aromatic rings. The van der Waals surface area contributed by atoms with Gasteiger partial charge in [0.2, 0.25) is 0 Å². The second-order valence-corrected chi connectivity index (χ2v) is 11.0. The van der Waals surface area contributed by atoms with Crippen LogP contribution in [0.3, 0.4) is 0 Å². The van der Waals surface area contributed by atoms with E-state index in [9.17, 15) is 19.1 Å². The number of carboxylic acid groups (broad SMARTS) is 1. The highest BCUT2D eigenvalue weighted by molar-refractivity contribution is 6.01. The van der Waals surface area contributed by atoms with E-state index in [-0.39, 0.29) is 12.0 Å². The number of nitrogens with zero attached hydrogens (tertiary/aromatic N) is 1. The first-order valence-corrected chi connectivity index (χ1v) is 14.5. The molecule has 6 nitrogen and oxygen atoms in total. The Labute approximate surface area is 246 Å². The molecule has 1 fully saturated rings. The van der Waals surface area contributed by atoms with Crippen LogP contribution in [-0.2, 0) is 17.6 Å². The minimum absolute atomic E-state index is 0.0436. The van der Waals surface area contributed by atoms with E-state index in [0.29, 0.717) is 5.56 Å². The van der Waals surface area contributed by atoms with Gasteiger partial charge in [0.15, 0.2) is 0 Å². The van der Waals surface area contributed by atoms with Crippen molar-refractivity contribution in [3.8, 4) is 16.9 Å². The molecular formula is C35H37FN2O4. The number of methoxy groups -OCH3 is 1. The van der Waals surface area contributed by atoms with Crippen molar-refractivity contribution in [2.75, 3.05) is 26.7 Å². The molecule has 0 unspecified atom stereocenters. The van der Waals surface area contributed by atoms with Crippen LogP contribution in [-0.4, -0.2) is 54.7 Å². The number of carboxylic acids is 1. The molecule has 1 atom stereocenters. The maximum atomic E-state index is 14.4. The van der Waals surface area contributed by atoms with E-state index in [0.717, 1.165) is 46.2 Å². The number of rotatable bonds is 10. The number of benzene rings is 4. The smallest absolute Gasteiger partial charge is 0.326 e. The highest BCUT2D eigenvalue weighted by Gasteiger charge is 2.25. The number of hydrogen-bond acceptors (Lipinski definition) is 4. The molecule has 0 bridgehead atoms. The van der Waals surface area contributed by atoms with Crippen LogP contribution in [0.1, 0.15) is 46.3 Å². The van der Waals surface area contributed by atoms with Gasteiger partial charge in [0, 0.05) is 18.5 Å². The minimum Gasteiger partial charge on any atom is -0.496 e. The Morgan fingerprint density at radius 2 is 1.69 bits per heavy atom. The maximum absolute atomic E-state index is 14.4. The number of carbonyl (C=O) groups excluding carboxylic acids is 1. The monoisotopic (exact) mass is 568 g/mol. The van der Waals surface area contributed by atoms with Gasteiger partial charge in [-0.2, -0.15) is 0 Å². The first kappa shape index (κ1) is 29.3. The summed E-state index contributed by atoms with van der Waals surface area (Å²) in [5, 5.41) is 14.3. The molecule has 7 heteroatoms. The molecule has 1 amide bonds. The number of hydrogen-bond donors (Lipinski definition) is 2. The second-order valence-electron chi connectivity index (χ2n) is 11.0. The molecule has 5 rings (SSSR count). The number of aryl methyl sites for hydroxylation is 1. The largest absolute Gasteiger partial charge is 0.496 e. The highest BCUT2D eigenvalue weighted by atomic mass is 19.1. The van der Waals surface area contributed by atoms with E-state index in [1.165, 1.54) is 50.0 Å². The number of nitrogens with one attached hydrogen (secondary N) is 1. The maximum Gasteiger partial charge on any atom is 0.326 e. The number of ether oxygens (including phenoxy) is 1. The van der Waals surface area contributed by atoms with Gasteiger partial charge in [0.05, 0.1) is 12.7 Å². The Kier molecular flexibility index (Phi) is 9.18. The molecule has 1 aliphatic heterocycles. The number of halogens is 1. The van der Waals surface area contributed by atoms with Crippen LogP contribution in [0.2, 0.25) is 0 Å². The van der Waals surface area contributed by atoms with Crippen molar-refractivity contribution in [3.63, 3.8) is 0 Å². The van der Waals surface area contributed by atoms with Crippen LogP contribution in [0.25, 0.3) is 21.9 Å². The number of likely N-dealkylation sites (tertiary alicyclic amines) is 1. The molecular weight excluding hydrogens is 531 g/mol. The molecule has 1 aliphatic rings. The van der Waals surface area contributed by atoms with E-state index in [4.69, 9.17) is 4.74 Å². The van der Waals surface area contributed by atoms with Gasteiger partial charge >= 0.3 is 5.97 Å². The van der Waals surface area contributed by atoms with Gasteiger partial charge in [0.25, 0.3) is 5.91 Å². The van der Waals surface area contributed by atoms with Crippen molar-refractivity contribution in [1.29, 1.82) is 0 Å². The molecule has 1 heterocycles. The van der Waals surface area contributed by atoms with Gasteiger partial charge in [-0.05, 0) is 84.4 Å². The zero-order chi connectivity index (χ0) is 29.6. The van der Waals surface area contributed by atoms with Crippen LogP contribution in [0.4, 0.5) is 4.39 Å². The molecule has 0 aliphatic carbocycles. The van der Waals surface area contributed by atoms with Gasteiger partial charge in [-0.3, -0.25) is 4.79 Å². The molecule has 42 heavy (non-hydrogen) atoms. The summed E-state index contributed by atoms with van der Waals surface area (Å²) in [6.07, 6.45) is 4.88. The third-order valence-corrected chi connectivity index (χ3v) is 8.21. The molecule has 2 N–H and O–H groups in total. The van der Waals surface area contributed by atoms with Crippen LogP contribution in [0, 0.1) is 12.7 Å². The zero-order valence-electron chi connectivity index (χ0n) is 24.2. The molecule has 0 radical (unpaired) electrons. The Morgan fingerprint density at radius 1 is 0.952 bits per heavy atom. The van der Waals surface area contributed by atoms with Crippen molar-refractivity contribution in [2.24, 2.45) is 0 Å². The summed E-state index contributed by atoms with van der Waals surface area (Å²) in [7, 11) is 1.68.